The second-order valence-corrected chi connectivity index (χ2v) is 7.58. The van der Waals surface area contributed by atoms with Crippen LogP contribution in [0, 0.1) is 0 Å². The molecule has 2 aliphatic heterocycles. The van der Waals surface area contributed by atoms with Gasteiger partial charge in [-0.25, -0.2) is 4.79 Å². The van der Waals surface area contributed by atoms with Gasteiger partial charge < -0.3 is 14.1 Å². The van der Waals surface area contributed by atoms with Crippen molar-refractivity contribution in [3.63, 3.8) is 0 Å². The third kappa shape index (κ3) is 6.12. The lowest BCUT2D eigenvalue weighted by Crippen LogP contribution is -2.47. The Bertz CT molecular complexity index is 851. The molecule has 3 heterocycles. The molecule has 10 heteroatoms. The summed E-state index contributed by atoms with van der Waals surface area (Å²) < 4.78 is 11.2. The number of rotatable bonds is 5. The van der Waals surface area contributed by atoms with Gasteiger partial charge in [-0.05, 0) is 43.4 Å². The van der Waals surface area contributed by atoms with E-state index in [0.29, 0.717) is 17.3 Å². The zero-order chi connectivity index (χ0) is 19.5. The molecule has 2 aliphatic rings. The van der Waals surface area contributed by atoms with Gasteiger partial charge in [0.2, 0.25) is 0 Å². The number of carbonyl (C=O) groups is 1. The first-order valence-corrected chi connectivity index (χ1v) is 9.73. The third-order valence-electron chi connectivity index (χ3n) is 4.99. The van der Waals surface area contributed by atoms with Crippen molar-refractivity contribution in [1.82, 2.24) is 14.8 Å². The highest BCUT2D eigenvalue weighted by Gasteiger charge is 2.33. The van der Waals surface area contributed by atoms with Gasteiger partial charge >= 0.3 is 6.09 Å². The molecule has 0 radical (unpaired) electrons. The van der Waals surface area contributed by atoms with Crippen LogP contribution in [0.15, 0.2) is 45.9 Å². The van der Waals surface area contributed by atoms with Crippen LogP contribution in [0.5, 0.6) is 0 Å². The molecule has 0 saturated carbocycles. The molecular weight excluding hydrogens is 451 g/mol. The topological polar surface area (TPSA) is 61.5 Å². The van der Waals surface area contributed by atoms with Crippen LogP contribution in [-0.4, -0.2) is 79.5 Å². The Hall–Kier alpha value is -1.77. The Labute approximate surface area is 193 Å². The van der Waals surface area contributed by atoms with Crippen molar-refractivity contribution >= 4 is 48.7 Å². The van der Waals surface area contributed by atoms with Crippen molar-refractivity contribution in [2.45, 2.75) is 6.10 Å². The smallest absolute Gasteiger partial charge is 0.430 e. The average Bonchev–Trinajstić information content (AvgIpc) is 3.29. The quantitative estimate of drug-likeness (QED) is 0.615. The van der Waals surface area contributed by atoms with Crippen molar-refractivity contribution in [1.29, 1.82) is 0 Å². The van der Waals surface area contributed by atoms with Crippen LogP contribution >= 0.6 is 36.4 Å². The molecule has 7 nitrogen and oxygen atoms in total. The molecule has 2 aromatic rings. The molecule has 1 aromatic carbocycles. The summed E-state index contributed by atoms with van der Waals surface area (Å²) in [7, 11) is 2.12. The third-order valence-corrected chi connectivity index (χ3v) is 5.24. The number of benzene rings is 1. The monoisotopic (exact) mass is 474 g/mol. The van der Waals surface area contributed by atoms with Crippen LogP contribution in [0.3, 0.4) is 0 Å². The van der Waals surface area contributed by atoms with E-state index < -0.39 is 6.09 Å². The zero-order valence-corrected chi connectivity index (χ0v) is 19.0. The van der Waals surface area contributed by atoms with E-state index in [4.69, 9.17) is 20.8 Å². The van der Waals surface area contributed by atoms with Gasteiger partial charge in [-0.1, -0.05) is 11.6 Å². The highest BCUT2D eigenvalue weighted by atomic mass is 35.5. The number of ether oxygens (including phenoxy) is 1. The Morgan fingerprint density at radius 3 is 2.50 bits per heavy atom. The normalized spacial score (nSPS) is 20.1. The number of piperazine rings is 1. The summed E-state index contributed by atoms with van der Waals surface area (Å²) >= 11 is 5.91. The molecule has 30 heavy (non-hydrogen) atoms. The first-order valence-electron chi connectivity index (χ1n) is 9.35. The maximum Gasteiger partial charge on any atom is 0.430 e. The fourth-order valence-electron chi connectivity index (χ4n) is 3.33. The lowest BCUT2D eigenvalue weighted by molar-refractivity contribution is 0.0835. The standard InChI is InChI=1S/C20H23ClN4O3.2ClH/c1-23-8-10-24(11-9-23)13-18-14-25(20(26)28-18)22-12-17-6-7-19(27-17)15-2-4-16(21)5-3-15;;/h2-7,12,18H,8-11,13-14H2,1H3;2*1H. The number of furan rings is 1. The van der Waals surface area contributed by atoms with Crippen molar-refractivity contribution in [3.05, 3.63) is 47.2 Å². The van der Waals surface area contributed by atoms with Gasteiger partial charge in [0.05, 0.1) is 12.8 Å². The summed E-state index contributed by atoms with van der Waals surface area (Å²) in [5, 5.41) is 6.27. The highest BCUT2D eigenvalue weighted by molar-refractivity contribution is 6.30. The van der Waals surface area contributed by atoms with E-state index in [0.717, 1.165) is 44.0 Å². The van der Waals surface area contributed by atoms with Crippen LogP contribution in [0.25, 0.3) is 11.3 Å². The Morgan fingerprint density at radius 1 is 1.10 bits per heavy atom. The van der Waals surface area contributed by atoms with Gasteiger partial charge in [-0.3, -0.25) is 4.90 Å². The fourth-order valence-corrected chi connectivity index (χ4v) is 3.46. The minimum Gasteiger partial charge on any atom is -0.455 e. The summed E-state index contributed by atoms with van der Waals surface area (Å²) in [6.07, 6.45) is 0.966. The van der Waals surface area contributed by atoms with E-state index >= 15 is 0 Å². The van der Waals surface area contributed by atoms with Gasteiger partial charge in [-0.15, -0.1) is 24.8 Å². The Kier molecular flexibility index (Phi) is 9.00. The van der Waals surface area contributed by atoms with Crippen LogP contribution in [0.1, 0.15) is 5.76 Å². The van der Waals surface area contributed by atoms with Crippen LogP contribution in [0.4, 0.5) is 4.79 Å². The molecule has 0 N–H and O–H groups in total. The van der Waals surface area contributed by atoms with Crippen molar-refractivity contribution in [3.8, 4) is 11.3 Å². The minimum absolute atomic E-state index is 0. The van der Waals surface area contributed by atoms with Gasteiger partial charge in [0, 0.05) is 43.3 Å². The number of hydrogen-bond acceptors (Lipinski definition) is 6. The first-order chi connectivity index (χ1) is 13.6. The van der Waals surface area contributed by atoms with Crippen LogP contribution in [0.2, 0.25) is 5.02 Å². The minimum atomic E-state index is -0.417. The number of hydrazone groups is 1. The Balaban J connectivity index is 0.00000160. The molecule has 2 fully saturated rings. The first kappa shape index (κ1) is 24.5. The fraction of sp³-hybridized carbons (Fsp3) is 0.400. The molecule has 1 unspecified atom stereocenters. The molecule has 0 spiro atoms. The van der Waals surface area contributed by atoms with Crippen LogP contribution < -0.4 is 0 Å². The molecule has 1 atom stereocenters. The van der Waals surface area contributed by atoms with E-state index in [-0.39, 0.29) is 30.9 Å². The summed E-state index contributed by atoms with van der Waals surface area (Å²) in [5.74, 6) is 1.29. The second-order valence-electron chi connectivity index (χ2n) is 7.15. The Morgan fingerprint density at radius 2 is 1.80 bits per heavy atom. The van der Waals surface area contributed by atoms with Crippen molar-refractivity contribution in [2.24, 2.45) is 5.10 Å². The predicted octanol–water partition coefficient (Wildman–Crippen LogP) is 3.85. The number of likely N-dealkylation sites (N-methyl/N-ethyl adjacent to an activating group) is 1. The van der Waals surface area contributed by atoms with Gasteiger partial charge in [-0.2, -0.15) is 10.1 Å². The van der Waals surface area contributed by atoms with E-state index in [1.54, 1.807) is 6.21 Å². The van der Waals surface area contributed by atoms with Gasteiger partial charge in [0.25, 0.3) is 0 Å². The summed E-state index contributed by atoms with van der Waals surface area (Å²) in [4.78, 5) is 16.7. The molecule has 0 aliphatic carbocycles. The van der Waals surface area contributed by atoms with E-state index in [1.807, 2.05) is 36.4 Å². The molecular formula is C20H25Cl3N4O3. The van der Waals surface area contributed by atoms with E-state index in [1.165, 1.54) is 5.01 Å². The molecule has 0 bridgehead atoms. The zero-order valence-electron chi connectivity index (χ0n) is 16.6. The van der Waals surface area contributed by atoms with E-state index in [9.17, 15) is 4.79 Å². The predicted molar refractivity (Wildman–Crippen MR) is 122 cm³/mol. The SMILES string of the molecule is CN1CCN(CC2CN(N=Cc3ccc(-c4ccc(Cl)cc4)o3)C(=O)O2)CC1.Cl.Cl. The number of carbonyl (C=O) groups excluding carboxylic acids is 1. The highest BCUT2D eigenvalue weighted by Crippen LogP contribution is 2.23. The maximum absolute atomic E-state index is 12.1. The molecule has 4 rings (SSSR count). The van der Waals surface area contributed by atoms with Crippen LogP contribution in [-0.2, 0) is 4.74 Å². The second kappa shape index (κ2) is 11.0. The number of cyclic esters (lactones) is 1. The van der Waals surface area contributed by atoms with E-state index in [2.05, 4.69) is 21.9 Å². The largest absolute Gasteiger partial charge is 0.455 e. The number of hydrogen-bond donors (Lipinski definition) is 0. The van der Waals surface area contributed by atoms with Gasteiger partial charge in [0.15, 0.2) is 0 Å². The lowest BCUT2D eigenvalue weighted by atomic mass is 10.2. The molecule has 1 amide bonds. The lowest BCUT2D eigenvalue weighted by Gasteiger charge is -2.33. The van der Waals surface area contributed by atoms with Crippen molar-refractivity contribution < 1.29 is 13.9 Å². The molecule has 164 valence electrons. The summed E-state index contributed by atoms with van der Waals surface area (Å²) in [6.45, 7) is 5.26. The summed E-state index contributed by atoms with van der Waals surface area (Å²) in [6, 6.07) is 11.1. The van der Waals surface area contributed by atoms with Crippen molar-refractivity contribution in [2.75, 3.05) is 46.3 Å². The number of amides is 1. The molecule has 2 saturated heterocycles. The number of nitrogens with zero attached hydrogens (tertiary/aromatic N) is 4. The molecule has 1 aromatic heterocycles. The maximum atomic E-state index is 12.1. The number of halogens is 3. The summed E-state index contributed by atoms with van der Waals surface area (Å²) in [5.41, 5.74) is 0.928. The average molecular weight is 476 g/mol. The van der Waals surface area contributed by atoms with Gasteiger partial charge in [0.1, 0.15) is 17.6 Å².